The van der Waals surface area contributed by atoms with Crippen LogP contribution in [0.25, 0.3) is 0 Å². The first-order valence-electron chi connectivity index (χ1n) is 5.97. The summed E-state index contributed by atoms with van der Waals surface area (Å²) in [5.41, 5.74) is 0.690. The van der Waals surface area contributed by atoms with Crippen LogP contribution in [0.5, 0.6) is 0 Å². The molecule has 0 aromatic heterocycles. The Morgan fingerprint density at radius 3 is 2.68 bits per heavy atom. The number of aliphatic hydroxyl groups excluding tert-OH is 1. The Balaban J connectivity index is 2.39. The SMILES string of the molecule is Cc1ccc(Br)cc1S(=O)(=O)N(C)[C@H]1CNC[C@@H]1O. The van der Waals surface area contributed by atoms with Crippen LogP contribution in [0.15, 0.2) is 27.6 Å². The minimum absolute atomic E-state index is 0.267. The van der Waals surface area contributed by atoms with Crippen LogP contribution in [-0.2, 0) is 10.0 Å². The van der Waals surface area contributed by atoms with Gasteiger partial charge in [-0.1, -0.05) is 22.0 Å². The van der Waals surface area contributed by atoms with E-state index in [-0.39, 0.29) is 4.90 Å². The lowest BCUT2D eigenvalue weighted by atomic mass is 10.2. The summed E-state index contributed by atoms with van der Waals surface area (Å²) in [6, 6.07) is 4.73. The number of sulfonamides is 1. The predicted octanol–water partition coefficient (Wildman–Crippen LogP) is 0.711. The van der Waals surface area contributed by atoms with Crippen molar-refractivity contribution in [1.29, 1.82) is 0 Å². The van der Waals surface area contributed by atoms with Crippen molar-refractivity contribution in [3.05, 3.63) is 28.2 Å². The third kappa shape index (κ3) is 2.85. The van der Waals surface area contributed by atoms with Gasteiger partial charge in [0.2, 0.25) is 10.0 Å². The third-order valence-electron chi connectivity index (χ3n) is 3.43. The van der Waals surface area contributed by atoms with Gasteiger partial charge in [0.15, 0.2) is 0 Å². The van der Waals surface area contributed by atoms with E-state index in [2.05, 4.69) is 21.2 Å². The van der Waals surface area contributed by atoms with Crippen LogP contribution in [0, 0.1) is 6.92 Å². The number of rotatable bonds is 3. The van der Waals surface area contributed by atoms with Crippen molar-refractivity contribution in [3.8, 4) is 0 Å². The average molecular weight is 349 g/mol. The van der Waals surface area contributed by atoms with Crippen LogP contribution in [-0.4, -0.2) is 50.1 Å². The fraction of sp³-hybridized carbons (Fsp3) is 0.500. The van der Waals surface area contributed by atoms with E-state index in [0.717, 1.165) is 4.47 Å². The maximum Gasteiger partial charge on any atom is 0.243 e. The zero-order valence-electron chi connectivity index (χ0n) is 10.8. The number of hydrogen-bond donors (Lipinski definition) is 2. The van der Waals surface area contributed by atoms with Crippen molar-refractivity contribution < 1.29 is 13.5 Å². The topological polar surface area (TPSA) is 69.6 Å². The molecule has 19 heavy (non-hydrogen) atoms. The first kappa shape index (κ1) is 14.9. The highest BCUT2D eigenvalue weighted by molar-refractivity contribution is 9.10. The Morgan fingerprint density at radius 1 is 1.42 bits per heavy atom. The Hall–Kier alpha value is -0.470. The summed E-state index contributed by atoms with van der Waals surface area (Å²) in [4.78, 5) is 0.267. The highest BCUT2D eigenvalue weighted by Crippen LogP contribution is 2.25. The normalized spacial score (nSPS) is 24.1. The summed E-state index contributed by atoms with van der Waals surface area (Å²) in [5.74, 6) is 0. The molecule has 0 aliphatic carbocycles. The van der Waals surface area contributed by atoms with E-state index in [4.69, 9.17) is 0 Å². The molecule has 1 aliphatic rings. The number of aliphatic hydroxyl groups is 1. The Morgan fingerprint density at radius 2 is 2.11 bits per heavy atom. The number of hydrogen-bond acceptors (Lipinski definition) is 4. The van der Waals surface area contributed by atoms with Gasteiger partial charge in [-0.25, -0.2) is 8.42 Å². The first-order valence-corrected chi connectivity index (χ1v) is 8.20. The monoisotopic (exact) mass is 348 g/mol. The lowest BCUT2D eigenvalue weighted by molar-refractivity contribution is 0.136. The van der Waals surface area contributed by atoms with Gasteiger partial charge in [0.1, 0.15) is 0 Å². The summed E-state index contributed by atoms with van der Waals surface area (Å²) in [6.07, 6.45) is -0.674. The van der Waals surface area contributed by atoms with Crippen LogP contribution >= 0.6 is 15.9 Å². The van der Waals surface area contributed by atoms with Crippen molar-refractivity contribution in [1.82, 2.24) is 9.62 Å². The van der Waals surface area contributed by atoms with E-state index in [0.29, 0.717) is 18.7 Å². The summed E-state index contributed by atoms with van der Waals surface area (Å²) >= 11 is 3.29. The van der Waals surface area contributed by atoms with Gasteiger partial charge in [-0.05, 0) is 24.6 Å². The molecule has 0 spiro atoms. The molecule has 5 nitrogen and oxygen atoms in total. The average Bonchev–Trinajstić information content (AvgIpc) is 2.77. The smallest absolute Gasteiger partial charge is 0.243 e. The number of likely N-dealkylation sites (N-methyl/N-ethyl adjacent to an activating group) is 1. The number of halogens is 1. The quantitative estimate of drug-likeness (QED) is 0.843. The minimum atomic E-state index is -3.61. The standard InChI is InChI=1S/C12H17BrN2O3S/c1-8-3-4-9(13)5-12(8)19(17,18)15(2)10-6-14-7-11(10)16/h3-5,10-11,14,16H,6-7H2,1-2H3/t10-,11-/m0/s1. The predicted molar refractivity (Wildman–Crippen MR) is 76.5 cm³/mol. The van der Waals surface area contributed by atoms with Gasteiger partial charge < -0.3 is 10.4 Å². The molecule has 1 aromatic rings. The van der Waals surface area contributed by atoms with Gasteiger partial charge in [-0.15, -0.1) is 0 Å². The van der Waals surface area contributed by atoms with E-state index in [9.17, 15) is 13.5 Å². The minimum Gasteiger partial charge on any atom is -0.390 e. The van der Waals surface area contributed by atoms with Gasteiger partial charge in [-0.2, -0.15) is 4.31 Å². The van der Waals surface area contributed by atoms with Crippen LogP contribution in [0.3, 0.4) is 0 Å². The van der Waals surface area contributed by atoms with Gasteiger partial charge in [0, 0.05) is 24.6 Å². The third-order valence-corrected chi connectivity index (χ3v) is 5.94. The number of nitrogens with zero attached hydrogens (tertiary/aromatic N) is 1. The molecule has 1 saturated heterocycles. The molecule has 2 N–H and O–H groups in total. The highest BCUT2D eigenvalue weighted by Gasteiger charge is 2.36. The van der Waals surface area contributed by atoms with E-state index in [1.165, 1.54) is 11.4 Å². The zero-order valence-corrected chi connectivity index (χ0v) is 13.2. The van der Waals surface area contributed by atoms with Gasteiger partial charge in [0.25, 0.3) is 0 Å². The summed E-state index contributed by atoms with van der Waals surface area (Å²) in [5, 5.41) is 12.8. The maximum absolute atomic E-state index is 12.6. The Kier molecular flexibility index (Phi) is 4.32. The number of aryl methyl sites for hydroxylation is 1. The summed E-state index contributed by atoms with van der Waals surface area (Å²) in [7, 11) is -2.09. The lowest BCUT2D eigenvalue weighted by Crippen LogP contribution is -2.44. The molecule has 1 aliphatic heterocycles. The number of benzene rings is 1. The molecule has 7 heteroatoms. The number of nitrogens with one attached hydrogen (secondary N) is 1. The molecular weight excluding hydrogens is 332 g/mol. The molecule has 0 bridgehead atoms. The lowest BCUT2D eigenvalue weighted by Gasteiger charge is -2.26. The molecule has 0 radical (unpaired) electrons. The molecule has 1 aromatic carbocycles. The molecule has 0 saturated carbocycles. The van der Waals surface area contributed by atoms with Crippen LogP contribution in [0.1, 0.15) is 5.56 Å². The van der Waals surface area contributed by atoms with Crippen LogP contribution in [0.4, 0.5) is 0 Å². The largest absolute Gasteiger partial charge is 0.390 e. The molecule has 1 heterocycles. The number of β-amino-alcohol motifs (C(OH)–C–C–N with tert-alkyl or cyclic N) is 1. The van der Waals surface area contributed by atoms with Gasteiger partial charge in [-0.3, -0.25) is 0 Å². The van der Waals surface area contributed by atoms with E-state index in [1.54, 1.807) is 25.1 Å². The van der Waals surface area contributed by atoms with Crippen molar-refractivity contribution in [2.75, 3.05) is 20.1 Å². The van der Waals surface area contributed by atoms with E-state index < -0.39 is 22.2 Å². The molecule has 0 amide bonds. The molecular formula is C12H17BrN2O3S. The fourth-order valence-electron chi connectivity index (χ4n) is 2.21. The summed E-state index contributed by atoms with van der Waals surface area (Å²) in [6.45, 7) is 2.64. The van der Waals surface area contributed by atoms with Crippen LogP contribution in [0.2, 0.25) is 0 Å². The fourth-order valence-corrected chi connectivity index (χ4v) is 4.35. The van der Waals surface area contributed by atoms with Crippen molar-refractivity contribution >= 4 is 26.0 Å². The highest BCUT2D eigenvalue weighted by atomic mass is 79.9. The second-order valence-corrected chi connectivity index (χ2v) is 7.61. The zero-order chi connectivity index (χ0) is 14.2. The van der Waals surface area contributed by atoms with Crippen molar-refractivity contribution in [2.24, 2.45) is 0 Å². The van der Waals surface area contributed by atoms with Gasteiger partial charge >= 0.3 is 0 Å². The molecule has 0 unspecified atom stereocenters. The Labute approximate surface area is 121 Å². The van der Waals surface area contributed by atoms with Crippen molar-refractivity contribution in [2.45, 2.75) is 24.0 Å². The second kappa shape index (κ2) is 5.49. The van der Waals surface area contributed by atoms with Crippen molar-refractivity contribution in [3.63, 3.8) is 0 Å². The van der Waals surface area contributed by atoms with Gasteiger partial charge in [0.05, 0.1) is 17.0 Å². The second-order valence-electron chi connectivity index (χ2n) is 4.72. The molecule has 2 atom stereocenters. The summed E-state index contributed by atoms with van der Waals surface area (Å²) < 4.78 is 27.2. The van der Waals surface area contributed by atoms with E-state index >= 15 is 0 Å². The molecule has 106 valence electrons. The Bertz CT molecular complexity index is 576. The molecule has 1 fully saturated rings. The maximum atomic E-state index is 12.6. The van der Waals surface area contributed by atoms with E-state index in [1.807, 2.05) is 0 Å². The molecule has 2 rings (SSSR count). The first-order chi connectivity index (χ1) is 8.84. The van der Waals surface area contributed by atoms with Crippen LogP contribution < -0.4 is 5.32 Å².